The third-order valence-corrected chi connectivity index (χ3v) is 8.70. The fourth-order valence-electron chi connectivity index (χ4n) is 6.46. The van der Waals surface area contributed by atoms with Crippen LogP contribution in [0.15, 0.2) is 57.9 Å². The summed E-state index contributed by atoms with van der Waals surface area (Å²) in [5.74, 6) is -0.383. The number of halogens is 1. The van der Waals surface area contributed by atoms with E-state index in [4.69, 9.17) is 19.6 Å². The molecule has 0 saturated carbocycles. The van der Waals surface area contributed by atoms with Crippen LogP contribution >= 0.6 is 0 Å². The van der Waals surface area contributed by atoms with Gasteiger partial charge < -0.3 is 34.4 Å². The molecule has 220 valence electrons. The highest BCUT2D eigenvalue weighted by Gasteiger charge is 2.32. The second kappa shape index (κ2) is 10.1. The Morgan fingerprint density at radius 2 is 1.88 bits per heavy atom. The van der Waals surface area contributed by atoms with E-state index in [0.29, 0.717) is 68.4 Å². The Labute approximate surface area is 245 Å². The van der Waals surface area contributed by atoms with Gasteiger partial charge in [-0.2, -0.15) is 0 Å². The molecule has 5 heterocycles. The van der Waals surface area contributed by atoms with Crippen LogP contribution in [0, 0.1) is 5.82 Å². The summed E-state index contributed by atoms with van der Waals surface area (Å²) < 4.78 is 35.7. The lowest BCUT2D eigenvalue weighted by Crippen LogP contribution is -2.39. The minimum Gasteiger partial charge on any atom is -0.456 e. The van der Waals surface area contributed by atoms with Crippen LogP contribution in [0.2, 0.25) is 0 Å². The third kappa shape index (κ3) is 4.26. The first-order valence-electron chi connectivity index (χ1n) is 14.6. The fraction of sp³-hybridized carbons (Fsp3) is 0.312. The molecule has 2 saturated heterocycles. The van der Waals surface area contributed by atoms with E-state index in [-0.39, 0.29) is 28.4 Å². The van der Waals surface area contributed by atoms with Gasteiger partial charge in [-0.05, 0) is 24.6 Å². The largest absolute Gasteiger partial charge is 0.456 e. The molecule has 3 aliphatic rings. The van der Waals surface area contributed by atoms with Crippen LogP contribution in [-0.4, -0.2) is 78.8 Å². The lowest BCUT2D eigenvalue weighted by Gasteiger charge is -2.28. The van der Waals surface area contributed by atoms with E-state index < -0.39 is 17.2 Å². The molecular formula is C32H30FN5O5. The van der Waals surface area contributed by atoms with Crippen LogP contribution in [0.25, 0.3) is 38.5 Å². The highest BCUT2D eigenvalue weighted by Crippen LogP contribution is 2.47. The Morgan fingerprint density at radius 3 is 2.70 bits per heavy atom. The predicted octanol–water partition coefficient (Wildman–Crippen LogP) is 4.05. The van der Waals surface area contributed by atoms with Crippen molar-refractivity contribution in [3.8, 4) is 17.2 Å². The zero-order valence-electron chi connectivity index (χ0n) is 23.4. The second-order valence-corrected chi connectivity index (χ2v) is 11.4. The number of hydrogen-bond donors (Lipinski definition) is 2. The van der Waals surface area contributed by atoms with Gasteiger partial charge in [0, 0.05) is 68.3 Å². The molecule has 5 aromatic rings. The zero-order valence-corrected chi connectivity index (χ0v) is 23.4. The molecule has 2 fully saturated rings. The number of carbonyl (C=O) groups excluding carboxylic acids is 1. The van der Waals surface area contributed by atoms with Gasteiger partial charge in [-0.1, -0.05) is 18.2 Å². The number of nitrogens with two attached hydrogens (primary N) is 1. The lowest BCUT2D eigenvalue weighted by molar-refractivity contribution is 0.0398. The summed E-state index contributed by atoms with van der Waals surface area (Å²) in [6, 6.07) is 12.5. The number of nitrogens with zero attached hydrogens (tertiary/aromatic N) is 3. The van der Waals surface area contributed by atoms with Crippen molar-refractivity contribution in [2.24, 2.45) is 5.73 Å². The highest BCUT2D eigenvalue weighted by molar-refractivity contribution is 6.07. The zero-order chi connectivity index (χ0) is 29.2. The number of hydrogen-bond acceptors (Lipinski definition) is 8. The molecule has 0 bridgehead atoms. The van der Waals surface area contributed by atoms with Gasteiger partial charge in [0.2, 0.25) is 5.43 Å². The van der Waals surface area contributed by atoms with Crippen molar-refractivity contribution in [2.75, 3.05) is 57.8 Å². The molecule has 43 heavy (non-hydrogen) atoms. The van der Waals surface area contributed by atoms with Gasteiger partial charge in [0.05, 0.1) is 24.3 Å². The number of amides is 1. The number of carbonyl (C=O) groups is 1. The van der Waals surface area contributed by atoms with Gasteiger partial charge in [-0.25, -0.2) is 4.39 Å². The van der Waals surface area contributed by atoms with E-state index in [1.54, 1.807) is 15.7 Å². The summed E-state index contributed by atoms with van der Waals surface area (Å²) in [6.45, 7) is 4.94. The summed E-state index contributed by atoms with van der Waals surface area (Å²) in [6.07, 6.45) is 2.21. The summed E-state index contributed by atoms with van der Waals surface area (Å²) in [5.41, 5.74) is 7.96. The summed E-state index contributed by atoms with van der Waals surface area (Å²) in [7, 11) is 0. The minimum absolute atomic E-state index is 0.0440. The monoisotopic (exact) mass is 583 g/mol. The number of ether oxygens (including phenoxy) is 2. The number of anilines is 1. The number of para-hydroxylation sites is 1. The molecule has 3 aromatic carbocycles. The third-order valence-electron chi connectivity index (χ3n) is 8.70. The Hall–Kier alpha value is -4.45. The Kier molecular flexibility index (Phi) is 6.14. The molecule has 1 amide bonds. The Bertz CT molecular complexity index is 2000. The van der Waals surface area contributed by atoms with E-state index in [1.165, 1.54) is 6.07 Å². The first-order valence-corrected chi connectivity index (χ1v) is 14.6. The number of fused-ring (bicyclic) bond motifs is 5. The number of benzene rings is 3. The van der Waals surface area contributed by atoms with E-state index in [1.807, 2.05) is 36.4 Å². The van der Waals surface area contributed by atoms with Crippen molar-refractivity contribution >= 4 is 44.4 Å². The second-order valence-electron chi connectivity index (χ2n) is 11.4. The topological polar surface area (TPSA) is 115 Å². The van der Waals surface area contributed by atoms with Crippen LogP contribution in [0.4, 0.5) is 10.1 Å². The summed E-state index contributed by atoms with van der Waals surface area (Å²) >= 11 is 0. The summed E-state index contributed by atoms with van der Waals surface area (Å²) in [4.78, 5) is 31.2. The molecule has 1 unspecified atom stereocenters. The number of aromatic nitrogens is 1. The van der Waals surface area contributed by atoms with Gasteiger partial charge in [0.25, 0.3) is 5.91 Å². The lowest BCUT2D eigenvalue weighted by atomic mass is 10.0. The molecule has 11 heteroatoms. The van der Waals surface area contributed by atoms with Crippen LogP contribution < -0.4 is 21.2 Å². The van der Waals surface area contributed by atoms with E-state index in [2.05, 4.69) is 10.2 Å². The highest BCUT2D eigenvalue weighted by atomic mass is 19.1. The van der Waals surface area contributed by atoms with Crippen LogP contribution in [0.5, 0.6) is 11.5 Å². The normalized spacial score (nSPS) is 18.4. The standard InChI is InChI=1S/C32H30FN5O5/c33-23-13-21-29-31(28(23)35-6-8-36-9-11-41-12-10-36)43-27-14-20-19-3-1-2-4-25(19)42-26(20)15-24(27)38(29)17-22(30(21)39)32(40)37-7-5-18(34)16-37/h1-4,13-15,17-18,35H,5-12,16,34H2. The van der Waals surface area contributed by atoms with Gasteiger partial charge in [0.15, 0.2) is 17.3 Å². The van der Waals surface area contributed by atoms with Crippen LogP contribution in [-0.2, 0) is 4.74 Å². The Morgan fingerprint density at radius 1 is 1.05 bits per heavy atom. The van der Waals surface area contributed by atoms with Crippen molar-refractivity contribution in [1.29, 1.82) is 0 Å². The van der Waals surface area contributed by atoms with Gasteiger partial charge >= 0.3 is 0 Å². The molecule has 0 aliphatic carbocycles. The molecule has 10 nitrogen and oxygen atoms in total. The number of pyridine rings is 1. The van der Waals surface area contributed by atoms with Crippen molar-refractivity contribution in [2.45, 2.75) is 12.5 Å². The maximum absolute atomic E-state index is 15.9. The van der Waals surface area contributed by atoms with E-state index >= 15 is 4.39 Å². The smallest absolute Gasteiger partial charge is 0.259 e. The van der Waals surface area contributed by atoms with Crippen LogP contribution in [0.3, 0.4) is 0 Å². The maximum atomic E-state index is 15.9. The average molecular weight is 584 g/mol. The summed E-state index contributed by atoms with van der Waals surface area (Å²) in [5, 5.41) is 5.06. The molecule has 3 aliphatic heterocycles. The first kappa shape index (κ1) is 26.2. The van der Waals surface area contributed by atoms with Gasteiger partial charge in [0.1, 0.15) is 27.9 Å². The van der Waals surface area contributed by atoms with E-state index in [0.717, 1.165) is 29.4 Å². The van der Waals surface area contributed by atoms with Gasteiger partial charge in [-0.15, -0.1) is 0 Å². The minimum atomic E-state index is -0.626. The maximum Gasteiger partial charge on any atom is 0.259 e. The number of rotatable bonds is 5. The fourth-order valence-corrected chi connectivity index (χ4v) is 6.46. The first-order chi connectivity index (χ1) is 21.0. The Balaban J connectivity index is 1.30. The molecule has 8 rings (SSSR count). The van der Waals surface area contributed by atoms with Crippen molar-refractivity contribution in [3.63, 3.8) is 0 Å². The number of furan rings is 1. The molecule has 3 N–H and O–H groups in total. The van der Waals surface area contributed by atoms with Crippen LogP contribution in [0.1, 0.15) is 16.8 Å². The van der Waals surface area contributed by atoms with Gasteiger partial charge in [-0.3, -0.25) is 14.5 Å². The molecule has 0 spiro atoms. The van der Waals surface area contributed by atoms with Crippen molar-refractivity contribution in [1.82, 2.24) is 14.4 Å². The molecular weight excluding hydrogens is 553 g/mol. The SMILES string of the molecule is NC1CCN(C(=O)c2cn3c4c(c(NCCN5CCOCC5)c(F)cc4c2=O)Oc2cc4c(cc2-3)oc2ccccc24)C1. The number of nitrogens with one attached hydrogen (secondary N) is 1. The number of morpholine rings is 1. The quantitative estimate of drug-likeness (QED) is 0.313. The molecule has 2 aromatic heterocycles. The van der Waals surface area contributed by atoms with Crippen molar-refractivity contribution in [3.05, 3.63) is 70.3 Å². The number of likely N-dealkylation sites (tertiary alicyclic amines) is 1. The molecule has 0 radical (unpaired) electrons. The van der Waals surface area contributed by atoms with Crippen molar-refractivity contribution < 1.29 is 23.1 Å². The predicted molar refractivity (Wildman–Crippen MR) is 161 cm³/mol. The van der Waals surface area contributed by atoms with E-state index in [9.17, 15) is 9.59 Å². The molecule has 1 atom stereocenters. The average Bonchev–Trinajstić information content (AvgIpc) is 3.62.